The molecule has 2 atom stereocenters. The fourth-order valence-corrected chi connectivity index (χ4v) is 6.74. The molecule has 3 aromatic rings. The summed E-state index contributed by atoms with van der Waals surface area (Å²) >= 11 is 6.26. The summed E-state index contributed by atoms with van der Waals surface area (Å²) in [6, 6.07) is 19.9. The van der Waals surface area contributed by atoms with Crippen LogP contribution in [0.1, 0.15) is 47.1 Å². The Bertz CT molecular complexity index is 1500. The normalized spacial score (nSPS) is 20.0. The molecule has 0 radical (unpaired) electrons. The molecule has 1 saturated heterocycles. The fourth-order valence-electron chi connectivity index (χ4n) is 6.51. The number of piperazine rings is 1. The number of rotatable bonds is 10. The van der Waals surface area contributed by atoms with E-state index in [1.165, 1.54) is 6.07 Å². The predicted octanol–water partition coefficient (Wildman–Crippen LogP) is 5.71. The lowest BCUT2D eigenvalue weighted by Crippen LogP contribution is -2.60. The molecule has 2 N–H and O–H groups in total. The van der Waals surface area contributed by atoms with Crippen molar-refractivity contribution in [1.82, 2.24) is 20.4 Å². The Balaban J connectivity index is 1.26. The minimum absolute atomic E-state index is 0.0287. The van der Waals surface area contributed by atoms with Crippen LogP contribution in [-0.4, -0.2) is 61.1 Å². The highest BCUT2D eigenvalue weighted by atomic mass is 35.5. The average Bonchev–Trinajstić information content (AvgIpc) is 3.84. The number of nitrogens with one attached hydrogen (secondary N) is 2. The molecule has 0 spiro atoms. The first-order valence-corrected chi connectivity index (χ1v) is 15.5. The highest BCUT2D eigenvalue weighted by Crippen LogP contribution is 2.37. The van der Waals surface area contributed by atoms with E-state index in [0.717, 1.165) is 71.5 Å². The number of methoxy groups -OCH3 is 1. The van der Waals surface area contributed by atoms with Gasteiger partial charge in [0.1, 0.15) is 11.6 Å². The van der Waals surface area contributed by atoms with Crippen LogP contribution in [-0.2, 0) is 24.4 Å². The van der Waals surface area contributed by atoms with E-state index in [1.807, 2.05) is 19.2 Å². The van der Waals surface area contributed by atoms with Gasteiger partial charge in [-0.25, -0.2) is 4.39 Å². The number of amides is 1. The van der Waals surface area contributed by atoms with Crippen molar-refractivity contribution in [3.05, 3.63) is 105 Å². The van der Waals surface area contributed by atoms with Crippen LogP contribution in [0, 0.1) is 12.7 Å². The van der Waals surface area contributed by atoms with E-state index >= 15 is 0 Å². The second-order valence-electron chi connectivity index (χ2n) is 12.1. The van der Waals surface area contributed by atoms with Crippen molar-refractivity contribution in [3.63, 3.8) is 0 Å². The van der Waals surface area contributed by atoms with Crippen LogP contribution in [0.3, 0.4) is 0 Å². The molecular formula is C35H40ClFN4O2. The number of halogens is 2. The minimum Gasteiger partial charge on any atom is -0.496 e. The SMILES string of the molecule is COc1cccc(CN(C(=O)C2=C(c3ccc(CN(C)Cc4c(F)cccc4Cl)cc3)C[C@H]3CNC[C@H]2N3)C2CC2)c1C. The molecule has 1 aliphatic carbocycles. The highest BCUT2D eigenvalue weighted by Gasteiger charge is 2.41. The second-order valence-corrected chi connectivity index (χ2v) is 12.6. The van der Waals surface area contributed by atoms with Crippen molar-refractivity contribution in [2.24, 2.45) is 0 Å². The van der Waals surface area contributed by atoms with Gasteiger partial charge >= 0.3 is 0 Å². The number of benzene rings is 3. The van der Waals surface area contributed by atoms with Gasteiger partial charge in [0.25, 0.3) is 5.91 Å². The van der Waals surface area contributed by atoms with E-state index in [4.69, 9.17) is 16.3 Å². The van der Waals surface area contributed by atoms with Crippen molar-refractivity contribution in [2.45, 2.75) is 63.9 Å². The summed E-state index contributed by atoms with van der Waals surface area (Å²) in [5, 5.41) is 7.70. The molecule has 2 fully saturated rings. The van der Waals surface area contributed by atoms with Crippen LogP contribution in [0.15, 0.2) is 66.2 Å². The van der Waals surface area contributed by atoms with Crippen molar-refractivity contribution >= 4 is 23.1 Å². The first-order chi connectivity index (χ1) is 20.8. The van der Waals surface area contributed by atoms with Crippen molar-refractivity contribution in [1.29, 1.82) is 0 Å². The molecule has 0 aromatic heterocycles. The van der Waals surface area contributed by atoms with Crippen LogP contribution < -0.4 is 15.4 Å². The number of hydrogen-bond donors (Lipinski definition) is 2. The summed E-state index contributed by atoms with van der Waals surface area (Å²) < 4.78 is 19.9. The topological polar surface area (TPSA) is 56.8 Å². The molecule has 2 heterocycles. The van der Waals surface area contributed by atoms with Crippen LogP contribution in [0.2, 0.25) is 5.02 Å². The van der Waals surface area contributed by atoms with E-state index in [-0.39, 0.29) is 29.8 Å². The van der Waals surface area contributed by atoms with Gasteiger partial charge in [0.2, 0.25) is 0 Å². The molecule has 6 nitrogen and oxygen atoms in total. The van der Waals surface area contributed by atoms with E-state index < -0.39 is 0 Å². The van der Waals surface area contributed by atoms with Crippen molar-refractivity contribution in [3.8, 4) is 5.75 Å². The molecule has 3 aliphatic rings. The number of fused-ring (bicyclic) bond motifs is 2. The summed E-state index contributed by atoms with van der Waals surface area (Å²) in [5.41, 5.74) is 6.96. The summed E-state index contributed by atoms with van der Waals surface area (Å²) in [7, 11) is 3.66. The third-order valence-electron chi connectivity index (χ3n) is 8.98. The van der Waals surface area contributed by atoms with Gasteiger partial charge in [0.15, 0.2) is 0 Å². The Morgan fingerprint density at radius 1 is 1.02 bits per heavy atom. The number of ether oxygens (including phenoxy) is 1. The molecule has 1 amide bonds. The van der Waals surface area contributed by atoms with Gasteiger partial charge in [-0.1, -0.05) is 54.1 Å². The predicted molar refractivity (Wildman–Crippen MR) is 169 cm³/mol. The Morgan fingerprint density at radius 2 is 1.79 bits per heavy atom. The maximum atomic E-state index is 14.5. The first kappa shape index (κ1) is 29.8. The van der Waals surface area contributed by atoms with E-state index in [0.29, 0.717) is 30.2 Å². The second kappa shape index (κ2) is 12.8. The Morgan fingerprint density at radius 3 is 2.51 bits per heavy atom. The van der Waals surface area contributed by atoms with Crippen LogP contribution >= 0.6 is 11.6 Å². The van der Waals surface area contributed by atoms with E-state index in [1.54, 1.807) is 19.2 Å². The zero-order valence-electron chi connectivity index (χ0n) is 25.1. The molecule has 226 valence electrons. The fraction of sp³-hybridized carbons (Fsp3) is 0.400. The van der Waals surface area contributed by atoms with Gasteiger partial charge in [0.05, 0.1) is 13.2 Å². The third-order valence-corrected chi connectivity index (χ3v) is 9.33. The van der Waals surface area contributed by atoms with Crippen molar-refractivity contribution in [2.75, 3.05) is 27.2 Å². The Kier molecular flexibility index (Phi) is 8.87. The van der Waals surface area contributed by atoms with E-state index in [2.05, 4.69) is 57.7 Å². The lowest BCUT2D eigenvalue weighted by atomic mass is 9.83. The van der Waals surface area contributed by atoms with Gasteiger partial charge in [-0.2, -0.15) is 0 Å². The smallest absolute Gasteiger partial charge is 0.252 e. The molecule has 43 heavy (non-hydrogen) atoms. The highest BCUT2D eigenvalue weighted by molar-refractivity contribution is 6.31. The molecule has 1 saturated carbocycles. The maximum absolute atomic E-state index is 14.5. The standard InChI is InChI=1S/C35H40ClFN4O2/c1-22-25(6-4-9-33(22)43-3)20-41(27-14-15-27)35(42)34-28(16-26-17-38-18-32(34)39-26)24-12-10-23(11-13-24)19-40(2)21-29-30(36)7-5-8-31(29)37/h4-13,26-27,32,38-39H,14-21H2,1-3H3/t26-,32+/m0/s1. The van der Waals surface area contributed by atoms with Gasteiger partial charge in [-0.15, -0.1) is 0 Å². The zero-order valence-corrected chi connectivity index (χ0v) is 25.9. The number of nitrogens with zero attached hydrogens (tertiary/aromatic N) is 2. The summed E-state index contributed by atoms with van der Waals surface area (Å²) in [5.74, 6) is 0.693. The number of carbonyl (C=O) groups excluding carboxylic acids is 1. The lowest BCUT2D eigenvalue weighted by Gasteiger charge is -2.41. The first-order valence-electron chi connectivity index (χ1n) is 15.2. The molecule has 6 rings (SSSR count). The van der Waals surface area contributed by atoms with Crippen LogP contribution in [0.5, 0.6) is 5.75 Å². The lowest BCUT2D eigenvalue weighted by molar-refractivity contribution is -0.128. The summed E-state index contributed by atoms with van der Waals surface area (Å²) in [4.78, 5) is 18.6. The zero-order chi connectivity index (χ0) is 30.1. The quantitative estimate of drug-likeness (QED) is 0.312. The van der Waals surface area contributed by atoms with Gasteiger partial charge in [0, 0.05) is 61.0 Å². The maximum Gasteiger partial charge on any atom is 0.252 e. The van der Waals surface area contributed by atoms with Gasteiger partial charge in [-0.05, 0) is 79.3 Å². The number of hydrogen-bond acceptors (Lipinski definition) is 5. The minimum atomic E-state index is -0.286. The largest absolute Gasteiger partial charge is 0.496 e. The van der Waals surface area contributed by atoms with E-state index in [9.17, 15) is 9.18 Å². The number of carbonyl (C=O) groups is 1. The monoisotopic (exact) mass is 602 g/mol. The van der Waals surface area contributed by atoms with Gasteiger partial charge < -0.3 is 20.3 Å². The third kappa shape index (κ3) is 6.50. The molecule has 2 bridgehead atoms. The molecule has 0 unspecified atom stereocenters. The Hall–Kier alpha value is -3.23. The van der Waals surface area contributed by atoms with Gasteiger partial charge in [-0.3, -0.25) is 9.69 Å². The van der Waals surface area contributed by atoms with Crippen molar-refractivity contribution < 1.29 is 13.9 Å². The average molecular weight is 603 g/mol. The molecule has 2 aliphatic heterocycles. The van der Waals surface area contributed by atoms with Crippen LogP contribution in [0.25, 0.3) is 5.57 Å². The van der Waals surface area contributed by atoms with Crippen LogP contribution in [0.4, 0.5) is 4.39 Å². The Labute approximate surface area is 258 Å². The summed E-state index contributed by atoms with van der Waals surface area (Å²) in [6.07, 6.45) is 2.87. The molecular weight excluding hydrogens is 563 g/mol. The summed E-state index contributed by atoms with van der Waals surface area (Å²) in [6.45, 7) is 5.34. The molecule has 8 heteroatoms. The molecule has 3 aromatic carbocycles.